The Morgan fingerprint density at radius 3 is 2.43 bits per heavy atom. The molecule has 1 unspecified atom stereocenters. The minimum atomic E-state index is 0.190. The predicted molar refractivity (Wildman–Crippen MR) is 55.9 cm³/mol. The summed E-state index contributed by atoms with van der Waals surface area (Å²) in [7, 11) is 0. The molecule has 0 amide bonds. The maximum atomic E-state index is 9.14. The van der Waals surface area contributed by atoms with Gasteiger partial charge in [0, 0.05) is 0 Å². The fourth-order valence-electron chi connectivity index (χ4n) is 1.28. The maximum absolute atomic E-state index is 9.14. The molecule has 0 bridgehead atoms. The molecule has 1 atom stereocenters. The van der Waals surface area contributed by atoms with Crippen molar-refractivity contribution in [2.24, 2.45) is 0 Å². The molecule has 0 aliphatic rings. The Bertz CT molecular complexity index is 258. The van der Waals surface area contributed by atoms with Crippen LogP contribution in [0.4, 0.5) is 0 Å². The Labute approximate surface area is 84.7 Å². The van der Waals surface area contributed by atoms with Crippen molar-refractivity contribution in [1.82, 2.24) is 5.48 Å². The highest BCUT2D eigenvalue weighted by Gasteiger charge is 2.07. The summed E-state index contributed by atoms with van der Waals surface area (Å²) in [6.07, 6.45) is 0.949. The van der Waals surface area contributed by atoms with Crippen LogP contribution in [0.5, 0.6) is 5.75 Å². The third-order valence-electron chi connectivity index (χ3n) is 2.07. The van der Waals surface area contributed by atoms with Crippen LogP contribution in [-0.2, 0) is 4.84 Å². The summed E-state index contributed by atoms with van der Waals surface area (Å²) >= 11 is 0. The van der Waals surface area contributed by atoms with E-state index >= 15 is 0 Å². The van der Waals surface area contributed by atoms with E-state index in [1.807, 2.05) is 19.1 Å². The lowest BCUT2D eigenvalue weighted by Gasteiger charge is -2.16. The van der Waals surface area contributed by atoms with Crippen LogP contribution in [0.2, 0.25) is 0 Å². The maximum Gasteiger partial charge on any atom is 0.115 e. The van der Waals surface area contributed by atoms with E-state index in [-0.39, 0.29) is 6.04 Å². The van der Waals surface area contributed by atoms with Crippen molar-refractivity contribution in [1.29, 1.82) is 0 Å². The van der Waals surface area contributed by atoms with Crippen LogP contribution in [0, 0.1) is 0 Å². The lowest BCUT2D eigenvalue weighted by molar-refractivity contribution is 0.0230. The molecular weight excluding hydrogens is 178 g/mol. The third kappa shape index (κ3) is 3.01. The SMILES string of the molecule is CCONC(CC)c1ccc(O)cc1. The number of phenolic OH excluding ortho intramolecular Hbond substituents is 1. The Balaban J connectivity index is 2.64. The first-order valence-electron chi connectivity index (χ1n) is 4.94. The summed E-state index contributed by atoms with van der Waals surface area (Å²) in [5.41, 5.74) is 4.10. The fraction of sp³-hybridized carbons (Fsp3) is 0.455. The Hall–Kier alpha value is -1.06. The number of aromatic hydroxyl groups is 1. The molecule has 0 heterocycles. The van der Waals surface area contributed by atoms with Gasteiger partial charge in [-0.2, -0.15) is 5.48 Å². The second-order valence-electron chi connectivity index (χ2n) is 3.10. The highest BCUT2D eigenvalue weighted by Crippen LogP contribution is 2.19. The third-order valence-corrected chi connectivity index (χ3v) is 2.07. The van der Waals surface area contributed by atoms with Gasteiger partial charge >= 0.3 is 0 Å². The molecule has 0 aromatic heterocycles. The molecule has 2 N–H and O–H groups in total. The number of hydroxylamine groups is 1. The van der Waals surface area contributed by atoms with Gasteiger partial charge in [-0.1, -0.05) is 19.1 Å². The largest absolute Gasteiger partial charge is 0.508 e. The summed E-state index contributed by atoms with van der Waals surface area (Å²) in [5, 5.41) is 9.14. The predicted octanol–water partition coefficient (Wildman–Crippen LogP) is 2.38. The van der Waals surface area contributed by atoms with Gasteiger partial charge in [0.15, 0.2) is 0 Å². The van der Waals surface area contributed by atoms with E-state index < -0.39 is 0 Å². The Kier molecular flexibility index (Phi) is 4.43. The molecule has 14 heavy (non-hydrogen) atoms. The van der Waals surface area contributed by atoms with Crippen LogP contribution in [0.3, 0.4) is 0 Å². The Morgan fingerprint density at radius 1 is 1.29 bits per heavy atom. The van der Waals surface area contributed by atoms with Gasteiger partial charge in [0.05, 0.1) is 12.6 Å². The average molecular weight is 195 g/mol. The van der Waals surface area contributed by atoms with Crippen molar-refractivity contribution < 1.29 is 9.94 Å². The minimum absolute atomic E-state index is 0.190. The summed E-state index contributed by atoms with van der Waals surface area (Å²) in [4.78, 5) is 5.16. The topological polar surface area (TPSA) is 41.5 Å². The fourth-order valence-corrected chi connectivity index (χ4v) is 1.28. The first-order chi connectivity index (χ1) is 6.77. The van der Waals surface area contributed by atoms with E-state index in [9.17, 15) is 0 Å². The van der Waals surface area contributed by atoms with Gasteiger partial charge in [0.1, 0.15) is 5.75 Å². The molecule has 78 valence electrons. The number of hydrogen-bond donors (Lipinski definition) is 2. The molecule has 3 heteroatoms. The molecular formula is C11H17NO2. The van der Waals surface area contributed by atoms with E-state index in [2.05, 4.69) is 12.4 Å². The molecule has 0 aliphatic heterocycles. The molecule has 3 nitrogen and oxygen atoms in total. The highest BCUT2D eigenvalue weighted by atomic mass is 16.6. The van der Waals surface area contributed by atoms with Gasteiger partial charge in [0.2, 0.25) is 0 Å². The van der Waals surface area contributed by atoms with E-state index in [0.717, 1.165) is 12.0 Å². The second kappa shape index (κ2) is 5.62. The number of nitrogens with one attached hydrogen (secondary N) is 1. The van der Waals surface area contributed by atoms with Gasteiger partial charge in [-0.15, -0.1) is 0 Å². The zero-order valence-corrected chi connectivity index (χ0v) is 8.66. The van der Waals surface area contributed by atoms with Crippen LogP contribution in [0.15, 0.2) is 24.3 Å². The first-order valence-corrected chi connectivity index (χ1v) is 4.94. The summed E-state index contributed by atoms with van der Waals surface area (Å²) in [5.74, 6) is 0.292. The normalized spacial score (nSPS) is 12.7. The molecule has 0 saturated carbocycles. The number of benzene rings is 1. The summed E-state index contributed by atoms with van der Waals surface area (Å²) in [6, 6.07) is 7.36. The molecule has 1 aromatic carbocycles. The molecule has 0 aliphatic carbocycles. The quantitative estimate of drug-likeness (QED) is 0.709. The smallest absolute Gasteiger partial charge is 0.115 e. The Morgan fingerprint density at radius 2 is 1.93 bits per heavy atom. The van der Waals surface area contributed by atoms with E-state index in [4.69, 9.17) is 9.94 Å². The monoisotopic (exact) mass is 195 g/mol. The van der Waals surface area contributed by atoms with E-state index in [0.29, 0.717) is 12.4 Å². The zero-order chi connectivity index (χ0) is 10.4. The van der Waals surface area contributed by atoms with Crippen LogP contribution in [-0.4, -0.2) is 11.7 Å². The second-order valence-corrected chi connectivity index (χ2v) is 3.10. The van der Waals surface area contributed by atoms with Crippen molar-refractivity contribution in [3.63, 3.8) is 0 Å². The molecule has 0 saturated heterocycles. The first kappa shape index (κ1) is 11.0. The van der Waals surface area contributed by atoms with Crippen LogP contribution < -0.4 is 5.48 Å². The van der Waals surface area contributed by atoms with Gasteiger partial charge in [-0.05, 0) is 31.0 Å². The summed E-state index contributed by atoms with van der Waals surface area (Å²) in [6.45, 7) is 4.68. The number of hydrogen-bond acceptors (Lipinski definition) is 3. The van der Waals surface area contributed by atoms with E-state index in [1.165, 1.54) is 0 Å². The van der Waals surface area contributed by atoms with Gasteiger partial charge in [-0.3, -0.25) is 0 Å². The molecule has 1 rings (SSSR count). The minimum Gasteiger partial charge on any atom is -0.508 e. The lowest BCUT2D eigenvalue weighted by atomic mass is 10.1. The summed E-state index contributed by atoms with van der Waals surface area (Å²) < 4.78 is 0. The van der Waals surface area contributed by atoms with Crippen molar-refractivity contribution in [2.45, 2.75) is 26.3 Å². The average Bonchev–Trinajstić information content (AvgIpc) is 2.21. The van der Waals surface area contributed by atoms with Crippen LogP contribution in [0.25, 0.3) is 0 Å². The van der Waals surface area contributed by atoms with Crippen molar-refractivity contribution in [3.8, 4) is 5.75 Å². The standard InChI is InChI=1S/C11H17NO2/c1-3-11(12-14-4-2)9-5-7-10(13)8-6-9/h5-8,11-13H,3-4H2,1-2H3. The highest BCUT2D eigenvalue weighted by molar-refractivity contribution is 5.27. The zero-order valence-electron chi connectivity index (χ0n) is 8.66. The van der Waals surface area contributed by atoms with Gasteiger partial charge in [-0.25, -0.2) is 0 Å². The van der Waals surface area contributed by atoms with Crippen molar-refractivity contribution in [3.05, 3.63) is 29.8 Å². The number of rotatable bonds is 5. The molecule has 1 aromatic rings. The van der Waals surface area contributed by atoms with Crippen LogP contribution >= 0.6 is 0 Å². The van der Waals surface area contributed by atoms with Crippen molar-refractivity contribution in [2.75, 3.05) is 6.61 Å². The molecule has 0 radical (unpaired) electrons. The lowest BCUT2D eigenvalue weighted by Crippen LogP contribution is -2.20. The van der Waals surface area contributed by atoms with Gasteiger partial charge < -0.3 is 9.94 Å². The van der Waals surface area contributed by atoms with Gasteiger partial charge in [0.25, 0.3) is 0 Å². The molecule has 0 fully saturated rings. The number of phenols is 1. The molecule has 0 spiro atoms. The van der Waals surface area contributed by atoms with Crippen LogP contribution in [0.1, 0.15) is 31.9 Å². The van der Waals surface area contributed by atoms with E-state index in [1.54, 1.807) is 12.1 Å². The van der Waals surface area contributed by atoms with Crippen molar-refractivity contribution >= 4 is 0 Å².